The molecular formula is C12H13BrN2O6. The molecule has 8 nitrogen and oxygen atoms in total. The molecule has 9 heteroatoms. The second kappa shape index (κ2) is 7.70. The van der Waals surface area contributed by atoms with E-state index in [1.807, 2.05) is 0 Å². The molecule has 0 saturated carbocycles. The van der Waals surface area contributed by atoms with E-state index >= 15 is 0 Å². The number of benzene rings is 1. The lowest BCUT2D eigenvalue weighted by Gasteiger charge is -2.09. The summed E-state index contributed by atoms with van der Waals surface area (Å²) in [5.41, 5.74) is 0.289. The number of hydrogen-bond donors (Lipinski definition) is 1. The lowest BCUT2D eigenvalue weighted by Crippen LogP contribution is -2.33. The Morgan fingerprint density at radius 2 is 2.10 bits per heavy atom. The maximum Gasteiger partial charge on any atom is 0.413 e. The van der Waals surface area contributed by atoms with Crippen LogP contribution in [0.4, 0.5) is 10.5 Å². The number of rotatable bonds is 6. The summed E-state index contributed by atoms with van der Waals surface area (Å²) in [6.45, 7) is 1.24. The van der Waals surface area contributed by atoms with Crippen molar-refractivity contribution in [1.29, 1.82) is 0 Å². The smallest absolute Gasteiger partial charge is 0.402 e. The molecule has 0 radical (unpaired) electrons. The van der Waals surface area contributed by atoms with E-state index in [-0.39, 0.29) is 34.8 Å². The Bertz CT molecular complexity index is 575. The molecule has 1 N–H and O–H groups in total. The molecule has 0 aromatic heterocycles. The van der Waals surface area contributed by atoms with Crippen molar-refractivity contribution in [3.8, 4) is 5.75 Å². The predicted octanol–water partition coefficient (Wildman–Crippen LogP) is 1.97. The van der Waals surface area contributed by atoms with Gasteiger partial charge in [-0.15, -0.1) is 0 Å². The molecule has 0 heterocycles. The number of ketones is 1. The molecule has 1 aromatic carbocycles. The van der Waals surface area contributed by atoms with Gasteiger partial charge in [-0.25, -0.2) is 4.79 Å². The summed E-state index contributed by atoms with van der Waals surface area (Å²) >= 11 is 3.10. The van der Waals surface area contributed by atoms with Crippen LogP contribution in [-0.4, -0.2) is 37.1 Å². The Labute approximate surface area is 128 Å². The minimum Gasteiger partial charge on any atom is -0.402 e. The topological polar surface area (TPSA) is 108 Å². The Morgan fingerprint density at radius 3 is 2.67 bits per heavy atom. The summed E-state index contributed by atoms with van der Waals surface area (Å²) in [6, 6.07) is 2.86. The van der Waals surface area contributed by atoms with Gasteiger partial charge in [0.05, 0.1) is 15.9 Å². The number of amides is 1. The Morgan fingerprint density at radius 1 is 1.43 bits per heavy atom. The Kier molecular flexibility index (Phi) is 6.25. The standard InChI is InChI=1S/C12H13BrN2O6/c1-7-3-9(13)11(10(4-7)15(18)19)21-12(17)14-5-8(16)6-20-2/h3-4H,5-6H2,1-2H3,(H,14,17). The quantitative estimate of drug-likeness (QED) is 0.613. The zero-order valence-corrected chi connectivity index (χ0v) is 12.9. The molecule has 21 heavy (non-hydrogen) atoms. The summed E-state index contributed by atoms with van der Waals surface area (Å²) < 4.78 is 9.76. The maximum atomic E-state index is 11.6. The molecule has 1 aromatic rings. The average molecular weight is 361 g/mol. The van der Waals surface area contributed by atoms with E-state index in [2.05, 4.69) is 26.0 Å². The third kappa shape index (κ3) is 5.12. The van der Waals surface area contributed by atoms with E-state index in [4.69, 9.17) is 4.74 Å². The number of ether oxygens (including phenoxy) is 2. The lowest BCUT2D eigenvalue weighted by atomic mass is 10.2. The number of halogens is 1. The second-order valence-electron chi connectivity index (χ2n) is 4.07. The van der Waals surface area contributed by atoms with E-state index in [9.17, 15) is 19.7 Å². The molecule has 0 saturated heterocycles. The summed E-state index contributed by atoms with van der Waals surface area (Å²) in [5.74, 6) is -0.575. The molecule has 1 rings (SSSR count). The fourth-order valence-electron chi connectivity index (χ4n) is 1.46. The van der Waals surface area contributed by atoms with Gasteiger partial charge in [-0.1, -0.05) is 0 Å². The molecular weight excluding hydrogens is 348 g/mol. The molecule has 1 amide bonds. The van der Waals surface area contributed by atoms with Crippen LogP contribution in [0, 0.1) is 17.0 Å². The summed E-state index contributed by atoms with van der Waals surface area (Å²) in [7, 11) is 1.35. The first-order valence-electron chi connectivity index (χ1n) is 5.76. The minimum absolute atomic E-state index is 0.144. The number of nitrogens with zero attached hydrogens (tertiary/aromatic N) is 1. The molecule has 0 aliphatic carbocycles. The normalized spacial score (nSPS) is 10.0. The van der Waals surface area contributed by atoms with Crippen molar-refractivity contribution in [2.45, 2.75) is 6.92 Å². The van der Waals surface area contributed by atoms with Crippen molar-refractivity contribution >= 4 is 33.5 Å². The zero-order valence-electron chi connectivity index (χ0n) is 11.3. The highest BCUT2D eigenvalue weighted by atomic mass is 79.9. The summed E-state index contributed by atoms with van der Waals surface area (Å²) in [5, 5.41) is 13.2. The van der Waals surface area contributed by atoms with Gasteiger partial charge in [0.2, 0.25) is 5.75 Å². The average Bonchev–Trinajstić information content (AvgIpc) is 2.39. The highest BCUT2D eigenvalue weighted by molar-refractivity contribution is 9.10. The fourth-order valence-corrected chi connectivity index (χ4v) is 2.10. The third-order valence-electron chi connectivity index (χ3n) is 2.30. The van der Waals surface area contributed by atoms with Gasteiger partial charge in [-0.2, -0.15) is 0 Å². The van der Waals surface area contributed by atoms with Gasteiger partial charge in [-0.05, 0) is 34.5 Å². The highest BCUT2D eigenvalue weighted by Crippen LogP contribution is 2.36. The van der Waals surface area contributed by atoms with Crippen LogP contribution in [0.1, 0.15) is 5.56 Å². The maximum absolute atomic E-state index is 11.6. The highest BCUT2D eigenvalue weighted by Gasteiger charge is 2.22. The molecule has 0 spiro atoms. The fraction of sp³-hybridized carbons (Fsp3) is 0.333. The molecule has 0 aliphatic rings. The minimum atomic E-state index is -0.966. The molecule has 0 unspecified atom stereocenters. The number of nitro benzene ring substituents is 1. The molecule has 0 fully saturated rings. The predicted molar refractivity (Wildman–Crippen MR) is 76.4 cm³/mol. The van der Waals surface area contributed by atoms with Crippen molar-refractivity contribution in [3.63, 3.8) is 0 Å². The zero-order chi connectivity index (χ0) is 16.0. The van der Waals surface area contributed by atoms with Crippen LogP contribution in [0.15, 0.2) is 16.6 Å². The van der Waals surface area contributed by atoms with Gasteiger partial charge >= 0.3 is 11.8 Å². The molecule has 0 atom stereocenters. The summed E-state index contributed by atoms with van der Waals surface area (Å²) in [6.07, 6.45) is -0.966. The monoisotopic (exact) mass is 360 g/mol. The number of nitro groups is 1. The van der Waals surface area contributed by atoms with Crippen molar-refractivity contribution in [2.75, 3.05) is 20.3 Å². The first-order valence-corrected chi connectivity index (χ1v) is 6.55. The van der Waals surface area contributed by atoms with Crippen LogP contribution in [0.5, 0.6) is 5.75 Å². The van der Waals surface area contributed by atoms with Crippen molar-refractivity contribution in [1.82, 2.24) is 5.32 Å². The van der Waals surface area contributed by atoms with Crippen molar-refractivity contribution in [2.24, 2.45) is 0 Å². The number of carbonyl (C=O) groups excluding carboxylic acids is 2. The molecule has 0 bridgehead atoms. The van der Waals surface area contributed by atoms with Gasteiger partial charge < -0.3 is 14.8 Å². The van der Waals surface area contributed by atoms with Gasteiger partial charge in [0.25, 0.3) is 0 Å². The number of nitrogens with one attached hydrogen (secondary N) is 1. The van der Waals surface area contributed by atoms with Crippen LogP contribution in [-0.2, 0) is 9.53 Å². The number of aryl methyl sites for hydroxylation is 1. The van der Waals surface area contributed by atoms with E-state index in [1.54, 1.807) is 13.0 Å². The number of carbonyl (C=O) groups is 2. The van der Waals surface area contributed by atoms with Crippen LogP contribution >= 0.6 is 15.9 Å². The number of hydrogen-bond acceptors (Lipinski definition) is 6. The summed E-state index contributed by atoms with van der Waals surface area (Å²) in [4.78, 5) is 33.0. The van der Waals surface area contributed by atoms with E-state index in [0.29, 0.717) is 5.56 Å². The Balaban J connectivity index is 2.80. The lowest BCUT2D eigenvalue weighted by molar-refractivity contribution is -0.385. The van der Waals surface area contributed by atoms with Crippen molar-refractivity contribution < 1.29 is 24.0 Å². The van der Waals surface area contributed by atoms with Crippen LogP contribution < -0.4 is 10.1 Å². The second-order valence-corrected chi connectivity index (χ2v) is 4.92. The first kappa shape index (κ1) is 17.1. The van der Waals surface area contributed by atoms with Crippen LogP contribution in [0.2, 0.25) is 0 Å². The largest absolute Gasteiger partial charge is 0.413 e. The van der Waals surface area contributed by atoms with Crippen LogP contribution in [0.3, 0.4) is 0 Å². The molecule has 0 aliphatic heterocycles. The number of Topliss-reactive ketones (excluding diaryl/α,β-unsaturated/α-hetero) is 1. The first-order chi connectivity index (χ1) is 9.85. The van der Waals surface area contributed by atoms with E-state index < -0.39 is 11.0 Å². The third-order valence-corrected chi connectivity index (χ3v) is 2.88. The molecule has 114 valence electrons. The van der Waals surface area contributed by atoms with E-state index in [1.165, 1.54) is 13.2 Å². The van der Waals surface area contributed by atoms with Gasteiger partial charge in [0.15, 0.2) is 5.78 Å². The van der Waals surface area contributed by atoms with Gasteiger partial charge in [0.1, 0.15) is 6.61 Å². The van der Waals surface area contributed by atoms with Gasteiger partial charge in [-0.3, -0.25) is 14.9 Å². The van der Waals surface area contributed by atoms with Crippen molar-refractivity contribution in [3.05, 3.63) is 32.3 Å². The van der Waals surface area contributed by atoms with E-state index in [0.717, 1.165) is 0 Å². The number of methoxy groups -OCH3 is 1. The van der Waals surface area contributed by atoms with Gasteiger partial charge in [0, 0.05) is 13.2 Å². The Hall–Kier alpha value is -2.00. The SMILES string of the molecule is COCC(=O)CNC(=O)Oc1c(Br)cc(C)cc1[N+](=O)[O-]. The van der Waals surface area contributed by atoms with Crippen LogP contribution in [0.25, 0.3) is 0 Å².